The Labute approximate surface area is 136 Å². The summed E-state index contributed by atoms with van der Waals surface area (Å²) in [6.45, 7) is 10.0. The Morgan fingerprint density at radius 2 is 2.05 bits per heavy atom. The lowest BCUT2D eigenvalue weighted by atomic mass is 10.0. The first-order valence-electron chi connectivity index (χ1n) is 7.43. The van der Waals surface area contributed by atoms with E-state index in [1.54, 1.807) is 0 Å². The van der Waals surface area contributed by atoms with Gasteiger partial charge in [0.15, 0.2) is 0 Å². The zero-order valence-corrected chi connectivity index (χ0v) is 14.9. The molecule has 0 amide bonds. The fourth-order valence-electron chi connectivity index (χ4n) is 2.58. The van der Waals surface area contributed by atoms with Crippen LogP contribution in [0.4, 0.5) is 5.69 Å². The first-order valence-corrected chi connectivity index (χ1v) is 8.51. The predicted molar refractivity (Wildman–Crippen MR) is 96.4 cm³/mol. The SMILES string of the molecule is CC(C)=CCN1CCC(Nc2ccc(I)cc2C)CC1. The van der Waals surface area contributed by atoms with Gasteiger partial charge in [-0.05, 0) is 80.0 Å². The summed E-state index contributed by atoms with van der Waals surface area (Å²) in [5, 5.41) is 3.72. The Morgan fingerprint density at radius 1 is 1.35 bits per heavy atom. The normalized spacial score (nSPS) is 17.0. The lowest BCUT2D eigenvalue weighted by molar-refractivity contribution is 0.240. The Bertz CT molecular complexity index is 470. The zero-order valence-electron chi connectivity index (χ0n) is 12.7. The molecule has 1 aliphatic rings. The maximum absolute atomic E-state index is 3.72. The summed E-state index contributed by atoms with van der Waals surface area (Å²) in [5.41, 5.74) is 4.07. The molecule has 2 rings (SSSR count). The molecule has 1 aliphatic heterocycles. The van der Waals surface area contributed by atoms with E-state index in [1.807, 2.05) is 0 Å². The number of likely N-dealkylation sites (tertiary alicyclic amines) is 1. The second-order valence-corrected chi connectivity index (χ2v) is 7.21. The molecular weight excluding hydrogens is 359 g/mol. The molecule has 1 fully saturated rings. The van der Waals surface area contributed by atoms with Crippen molar-refractivity contribution in [2.24, 2.45) is 0 Å². The van der Waals surface area contributed by atoms with Crippen molar-refractivity contribution in [1.29, 1.82) is 0 Å². The van der Waals surface area contributed by atoms with Crippen LogP contribution < -0.4 is 5.32 Å². The molecule has 0 radical (unpaired) electrons. The van der Waals surface area contributed by atoms with Gasteiger partial charge >= 0.3 is 0 Å². The summed E-state index contributed by atoms with van der Waals surface area (Å²) in [7, 11) is 0. The number of anilines is 1. The molecule has 0 bridgehead atoms. The highest BCUT2D eigenvalue weighted by Gasteiger charge is 2.18. The molecule has 0 aromatic heterocycles. The molecular formula is C17H25IN2. The molecule has 110 valence electrons. The number of aryl methyl sites for hydroxylation is 1. The molecule has 1 N–H and O–H groups in total. The summed E-state index contributed by atoms with van der Waals surface area (Å²) in [6.07, 6.45) is 4.81. The molecule has 20 heavy (non-hydrogen) atoms. The Hall–Kier alpha value is -0.550. The standard InChI is InChI=1S/C17H25IN2/c1-13(2)6-9-20-10-7-16(8-11-20)19-17-5-4-15(18)12-14(17)3/h4-6,12,16,19H,7-11H2,1-3H3. The molecule has 0 atom stereocenters. The number of nitrogens with zero attached hydrogens (tertiary/aromatic N) is 1. The highest BCUT2D eigenvalue weighted by atomic mass is 127. The number of allylic oxidation sites excluding steroid dienone is 1. The van der Waals surface area contributed by atoms with Crippen LogP contribution in [-0.4, -0.2) is 30.6 Å². The van der Waals surface area contributed by atoms with Crippen molar-refractivity contribution in [2.45, 2.75) is 39.7 Å². The van der Waals surface area contributed by atoms with Crippen molar-refractivity contribution in [3.05, 3.63) is 39.0 Å². The van der Waals surface area contributed by atoms with E-state index in [0.717, 1.165) is 6.54 Å². The van der Waals surface area contributed by atoms with E-state index in [2.05, 4.69) is 77.9 Å². The summed E-state index contributed by atoms with van der Waals surface area (Å²) in [6, 6.07) is 7.26. The van der Waals surface area contributed by atoms with Gasteiger partial charge in [0.1, 0.15) is 0 Å². The minimum atomic E-state index is 0.622. The van der Waals surface area contributed by atoms with E-state index < -0.39 is 0 Å². The lowest BCUT2D eigenvalue weighted by Gasteiger charge is -2.32. The minimum absolute atomic E-state index is 0.622. The maximum Gasteiger partial charge on any atom is 0.0372 e. The molecule has 0 aliphatic carbocycles. The van der Waals surface area contributed by atoms with Crippen LogP contribution >= 0.6 is 22.6 Å². The molecule has 1 aromatic rings. The maximum atomic E-state index is 3.72. The van der Waals surface area contributed by atoms with E-state index in [4.69, 9.17) is 0 Å². The largest absolute Gasteiger partial charge is 0.382 e. The Balaban J connectivity index is 1.83. The van der Waals surface area contributed by atoms with Crippen LogP contribution in [0.5, 0.6) is 0 Å². The van der Waals surface area contributed by atoms with E-state index in [9.17, 15) is 0 Å². The topological polar surface area (TPSA) is 15.3 Å². The lowest BCUT2D eigenvalue weighted by Crippen LogP contribution is -2.39. The van der Waals surface area contributed by atoms with Crippen molar-refractivity contribution < 1.29 is 0 Å². The fourth-order valence-corrected chi connectivity index (χ4v) is 3.23. The van der Waals surface area contributed by atoms with E-state index in [1.165, 1.54) is 46.3 Å². The minimum Gasteiger partial charge on any atom is -0.382 e. The second-order valence-electron chi connectivity index (χ2n) is 5.96. The molecule has 1 aromatic carbocycles. The van der Waals surface area contributed by atoms with Crippen molar-refractivity contribution in [1.82, 2.24) is 4.90 Å². The number of piperidine rings is 1. The van der Waals surface area contributed by atoms with Crippen LogP contribution in [0.25, 0.3) is 0 Å². The van der Waals surface area contributed by atoms with Gasteiger partial charge in [-0.25, -0.2) is 0 Å². The third kappa shape index (κ3) is 4.77. The smallest absolute Gasteiger partial charge is 0.0372 e. The van der Waals surface area contributed by atoms with Crippen molar-refractivity contribution in [3.63, 3.8) is 0 Å². The Morgan fingerprint density at radius 3 is 2.65 bits per heavy atom. The highest BCUT2D eigenvalue weighted by Crippen LogP contribution is 2.21. The van der Waals surface area contributed by atoms with Crippen molar-refractivity contribution >= 4 is 28.3 Å². The van der Waals surface area contributed by atoms with Gasteiger partial charge in [0.25, 0.3) is 0 Å². The average molecular weight is 384 g/mol. The van der Waals surface area contributed by atoms with Gasteiger partial charge in [-0.1, -0.05) is 11.6 Å². The number of nitrogens with one attached hydrogen (secondary N) is 1. The average Bonchev–Trinajstić information content (AvgIpc) is 2.41. The van der Waals surface area contributed by atoms with Crippen LogP contribution in [0.2, 0.25) is 0 Å². The second kappa shape index (κ2) is 7.46. The fraction of sp³-hybridized carbons (Fsp3) is 0.529. The van der Waals surface area contributed by atoms with Crippen molar-refractivity contribution in [2.75, 3.05) is 25.0 Å². The number of benzene rings is 1. The number of hydrogen-bond acceptors (Lipinski definition) is 2. The van der Waals surface area contributed by atoms with Gasteiger partial charge in [0, 0.05) is 34.9 Å². The summed E-state index contributed by atoms with van der Waals surface area (Å²) in [5.74, 6) is 0. The van der Waals surface area contributed by atoms with Gasteiger partial charge < -0.3 is 5.32 Å². The van der Waals surface area contributed by atoms with E-state index in [-0.39, 0.29) is 0 Å². The van der Waals surface area contributed by atoms with E-state index in [0.29, 0.717) is 6.04 Å². The zero-order chi connectivity index (χ0) is 14.5. The van der Waals surface area contributed by atoms with Gasteiger partial charge in [-0.2, -0.15) is 0 Å². The van der Waals surface area contributed by atoms with Crippen LogP contribution in [0.15, 0.2) is 29.8 Å². The quantitative estimate of drug-likeness (QED) is 0.610. The highest BCUT2D eigenvalue weighted by molar-refractivity contribution is 14.1. The first kappa shape index (κ1) is 15.8. The third-order valence-corrected chi connectivity index (χ3v) is 4.56. The van der Waals surface area contributed by atoms with Crippen molar-refractivity contribution in [3.8, 4) is 0 Å². The number of halogens is 1. The van der Waals surface area contributed by atoms with Gasteiger partial charge in [0.05, 0.1) is 0 Å². The Kier molecular flexibility index (Phi) is 5.90. The van der Waals surface area contributed by atoms with Gasteiger partial charge in [-0.15, -0.1) is 0 Å². The molecule has 1 heterocycles. The van der Waals surface area contributed by atoms with Gasteiger partial charge in [0.2, 0.25) is 0 Å². The van der Waals surface area contributed by atoms with Crippen LogP contribution in [0, 0.1) is 10.5 Å². The van der Waals surface area contributed by atoms with Crippen LogP contribution in [0.3, 0.4) is 0 Å². The molecule has 0 spiro atoms. The molecule has 0 unspecified atom stereocenters. The predicted octanol–water partition coefficient (Wildman–Crippen LogP) is 4.44. The monoisotopic (exact) mass is 384 g/mol. The first-order chi connectivity index (χ1) is 9.54. The summed E-state index contributed by atoms with van der Waals surface area (Å²) in [4.78, 5) is 2.55. The van der Waals surface area contributed by atoms with Crippen LogP contribution in [-0.2, 0) is 0 Å². The number of rotatable bonds is 4. The summed E-state index contributed by atoms with van der Waals surface area (Å²) >= 11 is 2.37. The van der Waals surface area contributed by atoms with Crippen LogP contribution in [0.1, 0.15) is 32.3 Å². The summed E-state index contributed by atoms with van der Waals surface area (Å²) < 4.78 is 1.31. The van der Waals surface area contributed by atoms with E-state index >= 15 is 0 Å². The molecule has 3 heteroatoms. The molecule has 0 saturated carbocycles. The van der Waals surface area contributed by atoms with Gasteiger partial charge in [-0.3, -0.25) is 4.90 Å². The number of hydrogen-bond donors (Lipinski definition) is 1. The molecule has 1 saturated heterocycles. The molecule has 2 nitrogen and oxygen atoms in total. The third-order valence-electron chi connectivity index (χ3n) is 3.89.